The Morgan fingerprint density at radius 3 is 0.108 bits per heavy atom. The van der Waals surface area contributed by atoms with Gasteiger partial charge in [-0.25, -0.2) is 11.8 Å². The average Bonchev–Trinajstić information content (AvgIpc) is 3.74. The van der Waals surface area contributed by atoms with Gasteiger partial charge < -0.3 is 12.8 Å². The van der Waals surface area contributed by atoms with Crippen LogP contribution in [0.5, 0.6) is 0 Å². The van der Waals surface area contributed by atoms with E-state index in [0.29, 0.717) is 0 Å². The molecule has 0 nitrogen and oxygen atoms in total. The third-order valence-electron chi connectivity index (χ3n) is 6.19. The van der Waals surface area contributed by atoms with Crippen LogP contribution >= 0.6 is 0 Å². The van der Waals surface area contributed by atoms with Crippen LogP contribution in [0.3, 0.4) is 0 Å². The van der Waals surface area contributed by atoms with Crippen LogP contribution in [0.2, 0.25) is 0 Å². The molecule has 0 aliphatic carbocycles. The highest BCUT2D eigenvalue weighted by Crippen LogP contribution is 1.67. The summed E-state index contributed by atoms with van der Waals surface area (Å²) < 4.78 is 0. The Morgan fingerprint density at radius 2 is 0.0784 bits per heavy atom. The standard InChI is InChI=1S/C102/c1-3-5-7-9-11-13-15-17-19-21-23-25-27-29-31-33-35-37-39-41-43-45-47-49-51-53-55-57-59-61-63-65-67-69-71-73-75-77-79-81-83-85-87-89-91-93-95-97-99-101-102-100-98-96-94-92-90-88-86-84-82-80-78-76-74-72-70-68-66-64-62-60-58-56-54-52-50-48-46-44-42-40-38-36-34-32-30-28-26-24-22-20-18-16-14-12-10-8-6-4-2/q-2. The third kappa shape index (κ3) is 77.6. The zero-order valence-corrected chi connectivity index (χ0v) is 51.0. The highest BCUT2D eigenvalue weighted by atomic mass is 13.7. The Labute approximate surface area is 601 Å². The van der Waals surface area contributed by atoms with Crippen molar-refractivity contribution in [2.75, 3.05) is 0 Å². The largest absolute Gasteiger partial charge is 0.358 e. The van der Waals surface area contributed by atoms with Gasteiger partial charge in [0.1, 0.15) is 0 Å². The summed E-state index contributed by atoms with van der Waals surface area (Å²) >= 11 is 0. The van der Waals surface area contributed by atoms with E-state index in [2.05, 4.69) is 580 Å². The molecule has 0 fully saturated rings. The molecule has 0 rings (SSSR count). The van der Waals surface area contributed by atoms with Crippen molar-refractivity contribution in [2.45, 2.75) is 0 Å². The number of hydrogen-bond donors (Lipinski definition) is 0. The van der Waals surface area contributed by atoms with E-state index in [1.807, 2.05) is 11.8 Å². The summed E-state index contributed by atoms with van der Waals surface area (Å²) in [6.45, 7) is 0. The van der Waals surface area contributed by atoms with Gasteiger partial charge in [0, 0.05) is 462 Å². The minimum atomic E-state index is 1.87. The van der Waals surface area contributed by atoms with Crippen molar-refractivity contribution in [2.24, 2.45) is 0 Å². The molecule has 0 aromatic heterocycles. The highest BCUT2D eigenvalue weighted by molar-refractivity contribution is 5.56. The van der Waals surface area contributed by atoms with Gasteiger partial charge in [0.2, 0.25) is 0 Å². The second-order valence-corrected chi connectivity index (χ2v) is 12.5. The van der Waals surface area contributed by atoms with Gasteiger partial charge in [0.05, 0.1) is 0 Å². The zero-order valence-electron chi connectivity index (χ0n) is 51.0. The van der Waals surface area contributed by atoms with E-state index in [9.17, 15) is 0 Å². The van der Waals surface area contributed by atoms with Gasteiger partial charge >= 0.3 is 0 Å². The molecule has 0 heterocycles. The lowest BCUT2D eigenvalue weighted by molar-refractivity contribution is 2.31. The molecule has 0 aliphatic rings. The fourth-order valence-corrected chi connectivity index (χ4v) is 3.06. The molecule has 102 heavy (non-hydrogen) atoms. The maximum atomic E-state index is 6.59. The predicted octanol–water partition coefficient (Wildman–Crippen LogP) is 0.333. The first-order valence-electron chi connectivity index (χ1n) is 25.2. The zero-order chi connectivity index (χ0) is 72.7. The second-order valence-electron chi connectivity index (χ2n) is 12.5. The fraction of sp³-hybridized carbons (Fsp3) is 0. The van der Waals surface area contributed by atoms with E-state index in [-0.39, 0.29) is 0 Å². The number of rotatable bonds is 0. The molecule has 0 amide bonds. The highest BCUT2D eigenvalue weighted by Gasteiger charge is 1.67. The summed E-state index contributed by atoms with van der Waals surface area (Å²) in [5.74, 6) is 247. The molecule has 0 saturated heterocycles. The van der Waals surface area contributed by atoms with Crippen molar-refractivity contribution in [3.63, 3.8) is 0 Å². The topological polar surface area (TPSA) is 0 Å². The molecule has 0 saturated carbocycles. The van der Waals surface area contributed by atoms with Crippen LogP contribution in [-0.2, 0) is 0 Å². The van der Waals surface area contributed by atoms with Gasteiger partial charge in [-0.1, -0.05) is 0 Å². The molecule has 0 unspecified atom stereocenters. The van der Waals surface area contributed by atoms with Crippen LogP contribution in [0.25, 0.3) is 0 Å². The van der Waals surface area contributed by atoms with Crippen LogP contribution in [0.15, 0.2) is 0 Å². The first-order chi connectivity index (χ1) is 50.9. The monoisotopic (exact) mass is 1220 g/mol. The molecule has 0 spiro atoms. The summed E-state index contributed by atoms with van der Waals surface area (Å²) in [4.78, 5) is 0. The Morgan fingerprint density at radius 1 is 0.0490 bits per heavy atom. The quantitative estimate of drug-likeness (QED) is 0.243. The van der Waals surface area contributed by atoms with E-state index in [4.69, 9.17) is 12.8 Å². The molecule has 0 radical (unpaired) electrons. The van der Waals surface area contributed by atoms with Crippen LogP contribution in [-0.4, -0.2) is 0 Å². The summed E-state index contributed by atoms with van der Waals surface area (Å²) in [5, 5.41) is 0. The maximum Gasteiger partial charge on any atom is 0 e. The smallest absolute Gasteiger partial charge is 0 e. The fourth-order valence-electron chi connectivity index (χ4n) is 3.06. The molecule has 0 heteroatoms. The van der Waals surface area contributed by atoms with Crippen molar-refractivity contribution in [1.82, 2.24) is 0 Å². The minimum Gasteiger partial charge on any atom is -0.358 e. The molecule has 0 aromatic carbocycles. The van der Waals surface area contributed by atoms with Gasteiger partial charge in [-0.15, -0.1) is 11.8 Å². The average molecular weight is 1230 g/mol. The lowest BCUT2D eigenvalue weighted by Gasteiger charge is -1.63. The normalized spacial score (nSPS) is 3.94. The Balaban J connectivity index is 4.64. The maximum absolute atomic E-state index is 6.59. The molecule has 0 N–H and O–H groups in total. The van der Waals surface area contributed by atoms with Gasteiger partial charge in [-0.2, -0.15) is 0 Å². The molecule has 0 bridgehead atoms. The van der Waals surface area contributed by atoms with E-state index in [0.717, 1.165) is 0 Å². The Hall–Kier alpha value is -22.4. The van der Waals surface area contributed by atoms with Gasteiger partial charge in [0.15, 0.2) is 0 Å². The van der Waals surface area contributed by atoms with Crippen LogP contribution in [0, 0.1) is 605 Å². The van der Waals surface area contributed by atoms with Crippen LogP contribution in [0.4, 0.5) is 0 Å². The summed E-state index contributed by atoms with van der Waals surface area (Å²) in [5.41, 5.74) is 0. The van der Waals surface area contributed by atoms with E-state index < -0.39 is 0 Å². The molecular formula is C102-2. The first kappa shape index (κ1) is 79.6. The molecule has 0 aromatic rings. The van der Waals surface area contributed by atoms with E-state index >= 15 is 0 Å². The van der Waals surface area contributed by atoms with E-state index in [1.54, 1.807) is 0 Å². The molecule has 0 aliphatic heterocycles. The predicted molar refractivity (Wildman–Crippen MR) is 395 cm³/mol. The summed E-state index contributed by atoms with van der Waals surface area (Å²) in [6, 6.07) is 0. The minimum absolute atomic E-state index is 1.87. The van der Waals surface area contributed by atoms with Crippen molar-refractivity contribution < 1.29 is 0 Å². The molecular weight excluding hydrogens is 1230 g/mol. The lowest BCUT2D eigenvalue weighted by atomic mass is 10.4. The first-order valence-corrected chi connectivity index (χ1v) is 25.2. The summed E-state index contributed by atoms with van der Waals surface area (Å²) in [7, 11) is 0. The van der Waals surface area contributed by atoms with Gasteiger partial charge in [-0.3, -0.25) is 11.8 Å². The lowest BCUT2D eigenvalue weighted by Crippen LogP contribution is -1.57. The molecule has 410 valence electrons. The Bertz CT molecular complexity index is 6830. The van der Waals surface area contributed by atoms with Gasteiger partial charge in [-0.05, 0) is 94.7 Å². The van der Waals surface area contributed by atoms with Crippen LogP contribution in [0.1, 0.15) is 0 Å². The van der Waals surface area contributed by atoms with Crippen LogP contribution < -0.4 is 0 Å². The summed E-state index contributed by atoms with van der Waals surface area (Å²) in [6.07, 6.45) is 13.2. The van der Waals surface area contributed by atoms with Crippen molar-refractivity contribution >= 4 is 0 Å². The van der Waals surface area contributed by atoms with Gasteiger partial charge in [0.25, 0.3) is 0 Å². The SMILES string of the molecule is [C-]#CC#CC#CC#CC#CC#CC#CC#CC#CC#CC#CC#CC#CC#CC#CC#CC#CC#CC#CC#CC#CC#CC#CC#CC#CC#CC#CC#CC#CC#CC#CC#CC#CC#CC#CC#CC#CC#CC#CC#CC#CC#CC#CC#CC#CC#CC#CC#CC#CC#CC#[C-]. The Kier molecular flexibility index (Phi) is 61.3. The van der Waals surface area contributed by atoms with Crippen molar-refractivity contribution in [1.29, 1.82) is 0 Å². The third-order valence-corrected chi connectivity index (χ3v) is 6.19. The van der Waals surface area contributed by atoms with E-state index in [1.165, 1.54) is 0 Å². The molecule has 0 atom stereocenters. The van der Waals surface area contributed by atoms with Crippen molar-refractivity contribution in [3.8, 4) is 592 Å². The van der Waals surface area contributed by atoms with Crippen molar-refractivity contribution in [3.05, 3.63) is 12.8 Å². The second kappa shape index (κ2) is 78.6. The number of hydrogen-bond acceptors (Lipinski definition) is 0.